The van der Waals surface area contributed by atoms with Gasteiger partial charge in [-0.05, 0) is 43.2 Å². The highest BCUT2D eigenvalue weighted by molar-refractivity contribution is 5.98. The quantitative estimate of drug-likeness (QED) is 0.812. The molecule has 1 fully saturated rings. The van der Waals surface area contributed by atoms with Gasteiger partial charge in [0.1, 0.15) is 6.54 Å². The number of carbonyl (C=O) groups excluding carboxylic acids is 3. The van der Waals surface area contributed by atoms with Gasteiger partial charge in [0.05, 0.1) is 6.26 Å². The number of aryl methyl sites for hydroxylation is 2. The molecule has 7 heteroatoms. The minimum absolute atomic E-state index is 0.00818. The van der Waals surface area contributed by atoms with Crippen LogP contribution in [0.3, 0.4) is 0 Å². The molecule has 1 aromatic heterocycles. The minimum atomic E-state index is -0.173. The van der Waals surface area contributed by atoms with Crippen LogP contribution in [0, 0.1) is 13.8 Å². The molecule has 2 aromatic rings. The SMILES string of the molecule is CC(=O)N(CC(=O)N1CCN(C(=O)c2ccco2)CC1)c1cc(C)ccc1C. The van der Waals surface area contributed by atoms with Gasteiger partial charge in [-0.25, -0.2) is 0 Å². The van der Waals surface area contributed by atoms with E-state index in [0.717, 1.165) is 16.8 Å². The summed E-state index contributed by atoms with van der Waals surface area (Å²) in [7, 11) is 0. The molecule has 2 heterocycles. The van der Waals surface area contributed by atoms with Crippen molar-refractivity contribution in [2.24, 2.45) is 0 Å². The van der Waals surface area contributed by atoms with E-state index in [1.54, 1.807) is 21.9 Å². The second kappa shape index (κ2) is 8.29. The number of furan rings is 1. The maximum atomic E-state index is 12.8. The average Bonchev–Trinajstić information content (AvgIpc) is 3.22. The first-order chi connectivity index (χ1) is 13.4. The zero-order chi connectivity index (χ0) is 20.3. The minimum Gasteiger partial charge on any atom is -0.459 e. The Bertz CT molecular complexity index is 868. The van der Waals surface area contributed by atoms with Gasteiger partial charge in [-0.2, -0.15) is 0 Å². The van der Waals surface area contributed by atoms with Crippen LogP contribution in [0.5, 0.6) is 0 Å². The molecule has 0 radical (unpaired) electrons. The first-order valence-electron chi connectivity index (χ1n) is 9.32. The molecule has 0 atom stereocenters. The zero-order valence-corrected chi connectivity index (χ0v) is 16.5. The maximum absolute atomic E-state index is 12.8. The van der Waals surface area contributed by atoms with Crippen LogP contribution in [0.25, 0.3) is 0 Å². The number of nitrogens with zero attached hydrogens (tertiary/aromatic N) is 3. The number of rotatable bonds is 4. The summed E-state index contributed by atoms with van der Waals surface area (Å²) in [6, 6.07) is 9.16. The summed E-state index contributed by atoms with van der Waals surface area (Å²) < 4.78 is 5.16. The number of carbonyl (C=O) groups is 3. The third-order valence-electron chi connectivity index (χ3n) is 4.98. The highest BCUT2D eigenvalue weighted by Crippen LogP contribution is 2.22. The van der Waals surface area contributed by atoms with Gasteiger partial charge in [-0.1, -0.05) is 12.1 Å². The van der Waals surface area contributed by atoms with E-state index in [1.165, 1.54) is 18.1 Å². The molecule has 1 aromatic carbocycles. The zero-order valence-electron chi connectivity index (χ0n) is 16.5. The summed E-state index contributed by atoms with van der Waals surface area (Å²) >= 11 is 0. The molecule has 1 aliphatic heterocycles. The van der Waals surface area contributed by atoms with Crippen molar-refractivity contribution >= 4 is 23.4 Å². The summed E-state index contributed by atoms with van der Waals surface area (Å²) in [4.78, 5) is 42.2. The molecule has 1 aliphatic rings. The lowest BCUT2D eigenvalue weighted by Gasteiger charge is -2.35. The van der Waals surface area contributed by atoms with Crippen LogP contribution < -0.4 is 4.90 Å². The fourth-order valence-electron chi connectivity index (χ4n) is 3.33. The third kappa shape index (κ3) is 4.24. The van der Waals surface area contributed by atoms with E-state index in [2.05, 4.69) is 0 Å². The molecule has 0 N–H and O–H groups in total. The molecule has 0 aliphatic carbocycles. The van der Waals surface area contributed by atoms with Crippen molar-refractivity contribution in [3.05, 3.63) is 53.5 Å². The molecule has 28 heavy (non-hydrogen) atoms. The monoisotopic (exact) mass is 383 g/mol. The normalized spacial score (nSPS) is 14.1. The second-order valence-electron chi connectivity index (χ2n) is 7.05. The number of amides is 3. The van der Waals surface area contributed by atoms with Crippen LogP contribution in [-0.4, -0.2) is 60.2 Å². The Morgan fingerprint density at radius 1 is 1.04 bits per heavy atom. The summed E-state index contributed by atoms with van der Waals surface area (Å²) in [5.74, 6) is -0.162. The molecular formula is C21H25N3O4. The van der Waals surface area contributed by atoms with Gasteiger partial charge in [0.25, 0.3) is 5.91 Å². The highest BCUT2D eigenvalue weighted by Gasteiger charge is 2.28. The molecule has 0 unspecified atom stereocenters. The van der Waals surface area contributed by atoms with Crippen molar-refractivity contribution in [1.82, 2.24) is 9.80 Å². The van der Waals surface area contributed by atoms with Gasteiger partial charge in [0, 0.05) is 38.8 Å². The van der Waals surface area contributed by atoms with Crippen molar-refractivity contribution < 1.29 is 18.8 Å². The van der Waals surface area contributed by atoms with E-state index in [-0.39, 0.29) is 24.3 Å². The second-order valence-corrected chi connectivity index (χ2v) is 7.05. The van der Waals surface area contributed by atoms with Crippen LogP contribution in [0.4, 0.5) is 5.69 Å². The topological polar surface area (TPSA) is 74.1 Å². The maximum Gasteiger partial charge on any atom is 0.289 e. The Morgan fingerprint density at radius 3 is 2.32 bits per heavy atom. The summed E-state index contributed by atoms with van der Waals surface area (Å²) in [5, 5.41) is 0. The molecule has 0 spiro atoms. The van der Waals surface area contributed by atoms with Crippen LogP contribution in [0.1, 0.15) is 28.6 Å². The number of anilines is 1. The Labute approximate surface area is 164 Å². The Hall–Kier alpha value is -3.09. The van der Waals surface area contributed by atoms with E-state index in [4.69, 9.17) is 4.42 Å². The molecule has 148 valence electrons. The van der Waals surface area contributed by atoms with Crippen LogP contribution >= 0.6 is 0 Å². The van der Waals surface area contributed by atoms with Crippen molar-refractivity contribution in [2.45, 2.75) is 20.8 Å². The number of hydrogen-bond donors (Lipinski definition) is 0. The smallest absolute Gasteiger partial charge is 0.289 e. The predicted molar refractivity (Wildman–Crippen MR) is 105 cm³/mol. The van der Waals surface area contributed by atoms with Gasteiger partial charge in [-0.3, -0.25) is 14.4 Å². The Kier molecular flexibility index (Phi) is 5.82. The molecule has 7 nitrogen and oxygen atoms in total. The number of benzene rings is 1. The highest BCUT2D eigenvalue weighted by atomic mass is 16.3. The van der Waals surface area contributed by atoms with E-state index in [0.29, 0.717) is 31.9 Å². The largest absolute Gasteiger partial charge is 0.459 e. The van der Waals surface area contributed by atoms with Gasteiger partial charge < -0.3 is 19.1 Å². The first kappa shape index (κ1) is 19.7. The third-order valence-corrected chi connectivity index (χ3v) is 4.98. The fourth-order valence-corrected chi connectivity index (χ4v) is 3.33. The molecule has 0 bridgehead atoms. The fraction of sp³-hybridized carbons (Fsp3) is 0.381. The molecule has 0 saturated carbocycles. The molecular weight excluding hydrogens is 358 g/mol. The Morgan fingerprint density at radius 2 is 1.71 bits per heavy atom. The van der Waals surface area contributed by atoms with Gasteiger partial charge >= 0.3 is 0 Å². The lowest BCUT2D eigenvalue weighted by Crippen LogP contribution is -2.53. The van der Waals surface area contributed by atoms with Crippen molar-refractivity contribution in [3.63, 3.8) is 0 Å². The lowest BCUT2D eigenvalue weighted by molar-refractivity contribution is -0.132. The van der Waals surface area contributed by atoms with Crippen LogP contribution in [0.15, 0.2) is 41.0 Å². The molecule has 1 saturated heterocycles. The number of piperazine rings is 1. The van der Waals surface area contributed by atoms with E-state index in [1.807, 2.05) is 32.0 Å². The number of hydrogen-bond acceptors (Lipinski definition) is 4. The van der Waals surface area contributed by atoms with Gasteiger partial charge in [-0.15, -0.1) is 0 Å². The van der Waals surface area contributed by atoms with Crippen LogP contribution in [-0.2, 0) is 9.59 Å². The Balaban J connectivity index is 1.63. The van der Waals surface area contributed by atoms with Crippen molar-refractivity contribution in [3.8, 4) is 0 Å². The van der Waals surface area contributed by atoms with Gasteiger partial charge in [0.2, 0.25) is 11.8 Å². The molecule has 3 amide bonds. The van der Waals surface area contributed by atoms with E-state index >= 15 is 0 Å². The standard InChI is InChI=1S/C21H25N3O4/c1-15-6-7-16(2)18(13-15)24(17(3)25)14-20(26)22-8-10-23(11-9-22)21(27)19-5-4-12-28-19/h4-7,12-13H,8-11,14H2,1-3H3. The van der Waals surface area contributed by atoms with E-state index < -0.39 is 0 Å². The van der Waals surface area contributed by atoms with Crippen molar-refractivity contribution in [2.75, 3.05) is 37.6 Å². The molecule has 3 rings (SSSR count). The van der Waals surface area contributed by atoms with Crippen molar-refractivity contribution in [1.29, 1.82) is 0 Å². The lowest BCUT2D eigenvalue weighted by atomic mass is 10.1. The summed E-state index contributed by atoms with van der Waals surface area (Å²) in [5.41, 5.74) is 2.74. The van der Waals surface area contributed by atoms with Gasteiger partial charge in [0.15, 0.2) is 5.76 Å². The first-order valence-corrected chi connectivity index (χ1v) is 9.32. The van der Waals surface area contributed by atoms with Crippen LogP contribution in [0.2, 0.25) is 0 Å². The predicted octanol–water partition coefficient (Wildman–Crippen LogP) is 2.23. The average molecular weight is 383 g/mol. The van der Waals surface area contributed by atoms with E-state index in [9.17, 15) is 14.4 Å². The summed E-state index contributed by atoms with van der Waals surface area (Å²) in [6.07, 6.45) is 1.47. The summed E-state index contributed by atoms with van der Waals surface area (Å²) in [6.45, 7) is 7.09.